The van der Waals surface area contributed by atoms with Gasteiger partial charge in [0.05, 0.1) is 12.2 Å². The third-order valence-corrected chi connectivity index (χ3v) is 2.78. The molecule has 0 unspecified atom stereocenters. The molecule has 1 aromatic carbocycles. The van der Waals surface area contributed by atoms with Crippen LogP contribution in [0.5, 0.6) is 0 Å². The lowest BCUT2D eigenvalue weighted by Crippen LogP contribution is -2.15. The molecule has 0 bridgehead atoms. The summed E-state index contributed by atoms with van der Waals surface area (Å²) in [6, 6.07) is 1.62. The van der Waals surface area contributed by atoms with Crippen LogP contribution in [0.4, 0.5) is 17.6 Å². The molecular formula is C10H7F4IO2. The van der Waals surface area contributed by atoms with Crippen molar-refractivity contribution in [2.75, 3.05) is 6.61 Å². The van der Waals surface area contributed by atoms with Crippen LogP contribution >= 0.6 is 22.6 Å². The second kappa shape index (κ2) is 5.19. The molecule has 0 heterocycles. The van der Waals surface area contributed by atoms with Gasteiger partial charge in [0, 0.05) is 3.57 Å². The number of hydrogen-bond acceptors (Lipinski definition) is 2. The fourth-order valence-corrected chi connectivity index (χ4v) is 1.80. The lowest BCUT2D eigenvalue weighted by atomic mass is 10.1. The van der Waals surface area contributed by atoms with Gasteiger partial charge >= 0.3 is 12.1 Å². The van der Waals surface area contributed by atoms with Crippen LogP contribution in [0.1, 0.15) is 22.8 Å². The van der Waals surface area contributed by atoms with Crippen molar-refractivity contribution in [3.05, 3.63) is 32.6 Å². The zero-order valence-corrected chi connectivity index (χ0v) is 10.7. The molecule has 0 fully saturated rings. The number of esters is 1. The Morgan fingerprint density at radius 2 is 2.00 bits per heavy atom. The maximum atomic E-state index is 13.6. The SMILES string of the molecule is CCOC(=O)c1c(I)ccc(C(F)(F)F)c1F. The van der Waals surface area contributed by atoms with E-state index in [-0.39, 0.29) is 10.2 Å². The highest BCUT2D eigenvalue weighted by atomic mass is 127. The number of rotatable bonds is 2. The maximum Gasteiger partial charge on any atom is 0.419 e. The summed E-state index contributed by atoms with van der Waals surface area (Å²) in [6.07, 6.45) is -4.84. The summed E-state index contributed by atoms with van der Waals surface area (Å²) in [7, 11) is 0. The van der Waals surface area contributed by atoms with Crippen molar-refractivity contribution < 1.29 is 27.1 Å². The molecule has 0 aromatic heterocycles. The Kier molecular flexibility index (Phi) is 4.34. The highest BCUT2D eigenvalue weighted by molar-refractivity contribution is 14.1. The molecule has 1 aromatic rings. The Balaban J connectivity index is 3.35. The topological polar surface area (TPSA) is 26.3 Å². The largest absolute Gasteiger partial charge is 0.462 e. The quantitative estimate of drug-likeness (QED) is 0.456. The van der Waals surface area contributed by atoms with E-state index < -0.39 is 29.1 Å². The highest BCUT2D eigenvalue weighted by Gasteiger charge is 2.36. The van der Waals surface area contributed by atoms with E-state index >= 15 is 0 Å². The Hall–Kier alpha value is -0.860. The first kappa shape index (κ1) is 14.2. The molecule has 7 heteroatoms. The van der Waals surface area contributed by atoms with Crippen LogP contribution in [0.25, 0.3) is 0 Å². The smallest absolute Gasteiger partial charge is 0.419 e. The summed E-state index contributed by atoms with van der Waals surface area (Å²) >= 11 is 1.58. The maximum absolute atomic E-state index is 13.6. The first-order chi connectivity index (χ1) is 7.79. The zero-order chi connectivity index (χ0) is 13.2. The average molecular weight is 362 g/mol. The van der Waals surface area contributed by atoms with E-state index in [1.807, 2.05) is 0 Å². The summed E-state index contributed by atoms with van der Waals surface area (Å²) in [4.78, 5) is 11.3. The van der Waals surface area contributed by atoms with Gasteiger partial charge in [0.15, 0.2) is 5.82 Å². The van der Waals surface area contributed by atoms with E-state index in [4.69, 9.17) is 0 Å². The first-order valence-corrected chi connectivity index (χ1v) is 5.59. The van der Waals surface area contributed by atoms with Crippen LogP contribution in [0.2, 0.25) is 0 Å². The van der Waals surface area contributed by atoms with E-state index in [0.717, 1.165) is 6.07 Å². The third-order valence-electron chi connectivity index (χ3n) is 1.88. The molecule has 0 aliphatic carbocycles. The summed E-state index contributed by atoms with van der Waals surface area (Å²) in [6.45, 7) is 1.45. The molecule has 0 saturated carbocycles. The second-order valence-corrected chi connectivity index (χ2v) is 4.16. The van der Waals surface area contributed by atoms with Gasteiger partial charge < -0.3 is 4.74 Å². The minimum absolute atomic E-state index is 0.0371. The minimum Gasteiger partial charge on any atom is -0.462 e. The number of carbonyl (C=O) groups is 1. The normalized spacial score (nSPS) is 11.4. The van der Waals surface area contributed by atoms with Crippen molar-refractivity contribution in [2.24, 2.45) is 0 Å². The fraction of sp³-hybridized carbons (Fsp3) is 0.300. The van der Waals surface area contributed by atoms with Crippen molar-refractivity contribution in [2.45, 2.75) is 13.1 Å². The molecular weight excluding hydrogens is 355 g/mol. The molecule has 0 aliphatic rings. The number of carbonyl (C=O) groups excluding carboxylic acids is 1. The van der Waals surface area contributed by atoms with Gasteiger partial charge in [-0.15, -0.1) is 0 Å². The zero-order valence-electron chi connectivity index (χ0n) is 8.57. The van der Waals surface area contributed by atoms with Crippen LogP contribution in [0.15, 0.2) is 12.1 Å². The van der Waals surface area contributed by atoms with Crippen molar-refractivity contribution >= 4 is 28.6 Å². The van der Waals surface area contributed by atoms with Gasteiger partial charge in [-0.2, -0.15) is 13.2 Å². The van der Waals surface area contributed by atoms with Crippen LogP contribution in [-0.2, 0) is 10.9 Å². The minimum atomic E-state index is -4.84. The number of alkyl halides is 3. The molecule has 0 saturated heterocycles. The van der Waals surface area contributed by atoms with Crippen LogP contribution in [-0.4, -0.2) is 12.6 Å². The molecule has 0 N–H and O–H groups in total. The second-order valence-electron chi connectivity index (χ2n) is 3.00. The first-order valence-electron chi connectivity index (χ1n) is 4.51. The van der Waals surface area contributed by atoms with E-state index in [0.29, 0.717) is 6.07 Å². The molecule has 1 rings (SSSR count). The molecule has 2 nitrogen and oxygen atoms in total. The van der Waals surface area contributed by atoms with Gasteiger partial charge in [-0.1, -0.05) is 0 Å². The molecule has 0 spiro atoms. The summed E-state index contributed by atoms with van der Waals surface area (Å²) in [5, 5.41) is 0. The van der Waals surface area contributed by atoms with Gasteiger partial charge in [-0.05, 0) is 41.6 Å². The molecule has 17 heavy (non-hydrogen) atoms. The molecule has 0 atom stereocenters. The predicted molar refractivity (Wildman–Crippen MR) is 60.1 cm³/mol. The lowest BCUT2D eigenvalue weighted by Gasteiger charge is -2.12. The van der Waals surface area contributed by atoms with Gasteiger partial charge in [-0.3, -0.25) is 0 Å². The van der Waals surface area contributed by atoms with E-state index in [2.05, 4.69) is 4.74 Å². The van der Waals surface area contributed by atoms with E-state index in [9.17, 15) is 22.4 Å². The average Bonchev–Trinajstić information content (AvgIpc) is 2.15. The highest BCUT2D eigenvalue weighted by Crippen LogP contribution is 2.34. The summed E-state index contributed by atoms with van der Waals surface area (Å²) in [5.41, 5.74) is -2.15. The van der Waals surface area contributed by atoms with E-state index in [1.165, 1.54) is 6.92 Å². The summed E-state index contributed by atoms with van der Waals surface area (Å²) < 4.78 is 55.4. The van der Waals surface area contributed by atoms with Gasteiger partial charge in [0.2, 0.25) is 0 Å². The van der Waals surface area contributed by atoms with Gasteiger partial charge in [0.1, 0.15) is 5.56 Å². The Morgan fingerprint density at radius 3 is 2.47 bits per heavy atom. The standard InChI is InChI=1S/C10H7F4IO2/c1-2-17-9(16)7-6(15)4-3-5(8(7)11)10(12,13)14/h3-4H,2H2,1H3. The molecule has 0 aliphatic heterocycles. The third kappa shape index (κ3) is 3.08. The lowest BCUT2D eigenvalue weighted by molar-refractivity contribution is -0.140. The monoisotopic (exact) mass is 362 g/mol. The van der Waals surface area contributed by atoms with Crippen molar-refractivity contribution in [3.8, 4) is 0 Å². The molecule has 94 valence electrons. The van der Waals surface area contributed by atoms with Crippen LogP contribution in [0.3, 0.4) is 0 Å². The van der Waals surface area contributed by atoms with Gasteiger partial charge in [-0.25, -0.2) is 9.18 Å². The Morgan fingerprint density at radius 1 is 1.41 bits per heavy atom. The number of benzene rings is 1. The molecule has 0 amide bonds. The summed E-state index contributed by atoms with van der Waals surface area (Å²) in [5.74, 6) is -2.69. The van der Waals surface area contributed by atoms with Crippen molar-refractivity contribution in [1.29, 1.82) is 0 Å². The van der Waals surface area contributed by atoms with E-state index in [1.54, 1.807) is 22.6 Å². The number of halogens is 5. The van der Waals surface area contributed by atoms with Crippen molar-refractivity contribution in [1.82, 2.24) is 0 Å². The van der Waals surface area contributed by atoms with Crippen LogP contribution in [0, 0.1) is 9.39 Å². The predicted octanol–water partition coefficient (Wildman–Crippen LogP) is 3.63. The number of hydrogen-bond donors (Lipinski definition) is 0. The Labute approximate surface area is 108 Å². The van der Waals surface area contributed by atoms with Crippen molar-refractivity contribution in [3.63, 3.8) is 0 Å². The number of ether oxygens (including phenoxy) is 1. The van der Waals surface area contributed by atoms with Gasteiger partial charge in [0.25, 0.3) is 0 Å². The molecule has 0 radical (unpaired) electrons. The fourth-order valence-electron chi connectivity index (χ4n) is 1.16. The Bertz CT molecular complexity index is 443. The van der Waals surface area contributed by atoms with Crippen LogP contribution < -0.4 is 0 Å².